The predicted molar refractivity (Wildman–Crippen MR) is 186 cm³/mol. The molecule has 1 amide bonds. The normalized spacial score (nSPS) is 21.5. The predicted octanol–water partition coefficient (Wildman–Crippen LogP) is 3.96. The van der Waals surface area contributed by atoms with Gasteiger partial charge in [0, 0.05) is 13.0 Å². The van der Waals surface area contributed by atoms with Crippen molar-refractivity contribution in [1.29, 1.82) is 0 Å². The molecule has 0 spiro atoms. The summed E-state index contributed by atoms with van der Waals surface area (Å²) in [6, 6.07) is 29.1. The van der Waals surface area contributed by atoms with E-state index in [0.29, 0.717) is 0 Å². The molecule has 1 aliphatic heterocycles. The lowest BCUT2D eigenvalue weighted by Gasteiger charge is -2.52. The first-order chi connectivity index (χ1) is 24.2. The van der Waals surface area contributed by atoms with Crippen LogP contribution in [0.25, 0.3) is 11.2 Å². The van der Waals surface area contributed by atoms with Crippen molar-refractivity contribution in [2.24, 2.45) is 11.4 Å². The maximum Gasteiger partial charge on any atom is 0.280 e. The number of carbonyl (C=O) groups is 1. The summed E-state index contributed by atoms with van der Waals surface area (Å²) in [6.07, 6.45) is -1.69. The topological polar surface area (TPSA) is 185 Å². The Hall–Kier alpha value is -4.37. The van der Waals surface area contributed by atoms with Crippen LogP contribution in [-0.4, -0.2) is 69.5 Å². The quantitative estimate of drug-likeness (QED) is 0.0603. The van der Waals surface area contributed by atoms with Gasteiger partial charge in [0.25, 0.3) is 14.1 Å². The Morgan fingerprint density at radius 2 is 1.60 bits per heavy atom. The van der Waals surface area contributed by atoms with E-state index < -0.39 is 49.5 Å². The van der Waals surface area contributed by atoms with E-state index in [4.69, 9.17) is 34.3 Å². The van der Waals surface area contributed by atoms with Gasteiger partial charge in [-0.05, 0) is 16.7 Å². The highest BCUT2D eigenvalue weighted by Gasteiger charge is 2.70. The van der Waals surface area contributed by atoms with E-state index in [0.717, 1.165) is 16.7 Å². The number of imidazole rings is 1. The Balaban J connectivity index is 1.81. The molecule has 3 aromatic carbocycles. The first-order valence-corrected chi connectivity index (χ1v) is 17.2. The zero-order valence-electron chi connectivity index (χ0n) is 27.9. The summed E-state index contributed by atoms with van der Waals surface area (Å²) in [6.45, 7) is 3.28. The molecular weight excluding hydrogens is 663 g/mol. The number of fused-ring (bicyclic) bond motifs is 1. The van der Waals surface area contributed by atoms with Crippen molar-refractivity contribution in [2.75, 3.05) is 26.1 Å². The minimum atomic E-state index is -2.44. The van der Waals surface area contributed by atoms with Gasteiger partial charge in [0.2, 0.25) is 11.9 Å². The molecule has 5 N–H and O–H groups in total. The fourth-order valence-electron chi connectivity index (χ4n) is 6.92. The van der Waals surface area contributed by atoms with Gasteiger partial charge in [-0.3, -0.25) is 30.0 Å². The third-order valence-electron chi connectivity index (χ3n) is 8.90. The van der Waals surface area contributed by atoms with E-state index in [1.807, 2.05) is 91.0 Å². The molecule has 1 fully saturated rings. The third kappa shape index (κ3) is 6.03. The molecule has 262 valence electrons. The fourth-order valence-corrected chi connectivity index (χ4v) is 7.42. The van der Waals surface area contributed by atoms with E-state index in [1.54, 1.807) is 18.4 Å². The Bertz CT molecular complexity index is 1860. The lowest BCUT2D eigenvalue weighted by Crippen LogP contribution is -2.62. The van der Waals surface area contributed by atoms with Crippen LogP contribution in [-0.2, 0) is 39.7 Å². The van der Waals surface area contributed by atoms with E-state index in [-0.39, 0.29) is 29.6 Å². The fraction of sp³-hybridized carbons (Fsp3) is 0.314. The van der Waals surface area contributed by atoms with Gasteiger partial charge in [-0.2, -0.15) is 4.98 Å². The van der Waals surface area contributed by atoms with Crippen LogP contribution >= 0.6 is 8.53 Å². The number of aromatic amines is 1. The van der Waals surface area contributed by atoms with Crippen LogP contribution < -0.4 is 16.4 Å². The number of methoxy groups -OCH3 is 1. The molecule has 5 aromatic rings. The van der Waals surface area contributed by atoms with Gasteiger partial charge in [-0.25, -0.2) is 14.8 Å². The first kappa shape index (κ1) is 35.5. The average molecular weight is 703 g/mol. The smallest absolute Gasteiger partial charge is 0.280 e. The minimum absolute atomic E-state index is 0.0225. The monoisotopic (exact) mass is 702 g/mol. The number of anilines is 1. The van der Waals surface area contributed by atoms with Crippen LogP contribution in [0.2, 0.25) is 0 Å². The number of nitrogens with two attached hydrogens (primary N) is 1. The van der Waals surface area contributed by atoms with Crippen LogP contribution in [0.5, 0.6) is 0 Å². The molecule has 0 radical (unpaired) electrons. The van der Waals surface area contributed by atoms with E-state index in [9.17, 15) is 14.5 Å². The molecule has 15 heteroatoms. The second kappa shape index (κ2) is 14.9. The number of ether oxygens (including phenoxy) is 2. The number of H-pyrrole nitrogens is 1. The summed E-state index contributed by atoms with van der Waals surface area (Å²) in [5, 5.41) is 2.70. The Kier molecular flexibility index (Phi) is 10.5. The zero-order chi connectivity index (χ0) is 35.5. The molecule has 2 aromatic heterocycles. The van der Waals surface area contributed by atoms with E-state index in [2.05, 4.69) is 15.3 Å². The van der Waals surface area contributed by atoms with Crippen LogP contribution in [0, 0.1) is 5.92 Å². The molecule has 50 heavy (non-hydrogen) atoms. The number of amides is 1. The number of carbonyl (C=O) groups excluding carboxylic acids is 1. The van der Waals surface area contributed by atoms with Gasteiger partial charge in [0.15, 0.2) is 16.9 Å². The largest absolute Gasteiger partial charge is 0.373 e. The summed E-state index contributed by atoms with van der Waals surface area (Å²) in [7, 11) is 0.414. The van der Waals surface area contributed by atoms with E-state index in [1.165, 1.54) is 20.5 Å². The number of hydrogen-bond acceptors (Lipinski definition) is 11. The van der Waals surface area contributed by atoms with Crippen molar-refractivity contribution in [3.63, 3.8) is 0 Å². The molecule has 5 atom stereocenters. The average Bonchev–Trinajstić information content (AvgIpc) is 3.68. The van der Waals surface area contributed by atoms with Gasteiger partial charge in [0.1, 0.15) is 24.9 Å². The number of rotatable bonds is 13. The number of nitrogens with one attached hydrogen (secondary N) is 2. The Labute approximate surface area is 289 Å². The molecule has 1 saturated heterocycles. The van der Waals surface area contributed by atoms with Crippen molar-refractivity contribution >= 4 is 31.5 Å². The standard InChI is InChI=1S/C35H39N6O8P/c1-22(2)31(42)39-33-38-30-27(32(43)40-33)37-21-41(30)35(29(45-3)28(49-50(36)44)26(48-35)20-47-46-4)34(23-14-8-5-9-15-23,24-16-10-6-11-17-24)25-18-12-7-13-19-25/h5-19,21-22,26,28-29,44H,20,36H2,1-4H3,(H2,38,39,40,42,43)/t26-,28-,29-,35+,50?/m1/s1. The lowest BCUT2D eigenvalue weighted by molar-refractivity contribution is -0.295. The summed E-state index contributed by atoms with van der Waals surface area (Å²) in [4.78, 5) is 59.3. The number of nitrogens with zero attached hydrogens (tertiary/aromatic N) is 3. The summed E-state index contributed by atoms with van der Waals surface area (Å²) < 4.78 is 21.4. The molecule has 1 unspecified atom stereocenters. The molecule has 1 aliphatic rings. The van der Waals surface area contributed by atoms with Crippen molar-refractivity contribution in [3.05, 3.63) is 124 Å². The third-order valence-corrected chi connectivity index (χ3v) is 9.36. The highest BCUT2D eigenvalue weighted by molar-refractivity contribution is 7.43. The van der Waals surface area contributed by atoms with Gasteiger partial charge in [0.05, 0.1) is 18.9 Å². The zero-order valence-corrected chi connectivity index (χ0v) is 28.8. The van der Waals surface area contributed by atoms with Gasteiger partial charge >= 0.3 is 0 Å². The molecule has 0 bridgehead atoms. The molecule has 3 heterocycles. The van der Waals surface area contributed by atoms with Crippen molar-refractivity contribution in [3.8, 4) is 0 Å². The van der Waals surface area contributed by atoms with Gasteiger partial charge in [-0.15, -0.1) is 0 Å². The summed E-state index contributed by atoms with van der Waals surface area (Å²) in [5.74, 6) is -0.825. The second-order valence-corrected chi connectivity index (χ2v) is 12.8. The minimum Gasteiger partial charge on any atom is -0.373 e. The maximum atomic E-state index is 13.6. The first-order valence-electron chi connectivity index (χ1n) is 15.9. The SMILES string of the molecule is COOC[C@H]1O[C@](n2cnc3c(=O)[nH]c(NC(=O)C(C)C)nc32)(C(c2ccccc2)(c2ccccc2)c2ccccc2)[C@H](OC)[C@@H]1OP(N)O. The summed E-state index contributed by atoms with van der Waals surface area (Å²) in [5.41, 5.74) is 4.58. The van der Waals surface area contributed by atoms with Crippen molar-refractivity contribution in [2.45, 2.75) is 43.3 Å². The highest BCUT2D eigenvalue weighted by atomic mass is 31.2. The Morgan fingerprint density at radius 3 is 2.08 bits per heavy atom. The van der Waals surface area contributed by atoms with Gasteiger partial charge in [-0.1, -0.05) is 105 Å². The molecule has 14 nitrogen and oxygen atoms in total. The van der Waals surface area contributed by atoms with Crippen molar-refractivity contribution in [1.82, 2.24) is 19.5 Å². The van der Waals surface area contributed by atoms with Gasteiger partial charge < -0.3 is 18.9 Å². The molecular formula is C35H39N6O8P. The second-order valence-electron chi connectivity index (χ2n) is 12.0. The molecule has 0 saturated carbocycles. The lowest BCUT2D eigenvalue weighted by atomic mass is 9.60. The molecule has 6 rings (SSSR count). The Morgan fingerprint density at radius 1 is 1.04 bits per heavy atom. The number of aromatic nitrogens is 4. The summed E-state index contributed by atoms with van der Waals surface area (Å²) >= 11 is 0. The molecule has 0 aliphatic carbocycles. The van der Waals surface area contributed by atoms with Crippen LogP contribution in [0.15, 0.2) is 102 Å². The number of benzene rings is 3. The maximum absolute atomic E-state index is 13.6. The van der Waals surface area contributed by atoms with Crippen molar-refractivity contribution < 1.29 is 33.5 Å². The number of hydrogen-bond donors (Lipinski definition) is 4. The van der Waals surface area contributed by atoms with E-state index >= 15 is 0 Å². The van der Waals surface area contributed by atoms with Crippen LogP contribution in [0.3, 0.4) is 0 Å². The highest BCUT2D eigenvalue weighted by Crippen LogP contribution is 2.59. The van der Waals surface area contributed by atoms with Crippen LogP contribution in [0.1, 0.15) is 30.5 Å². The van der Waals surface area contributed by atoms with Crippen LogP contribution in [0.4, 0.5) is 5.95 Å².